The molecule has 0 radical (unpaired) electrons. The van der Waals surface area contributed by atoms with Crippen molar-refractivity contribution in [1.82, 2.24) is 5.32 Å². The highest BCUT2D eigenvalue weighted by Gasteiger charge is 2.32. The zero-order valence-electron chi connectivity index (χ0n) is 11.6. The molecule has 0 spiro atoms. The summed E-state index contributed by atoms with van der Waals surface area (Å²) < 4.78 is 64.9. The average Bonchev–Trinajstić information content (AvgIpc) is 2.76. The summed E-state index contributed by atoms with van der Waals surface area (Å²) in [6, 6.07) is 3.53. The number of ether oxygens (including phenoxy) is 1. The van der Waals surface area contributed by atoms with Gasteiger partial charge in [0.25, 0.3) is 5.91 Å². The first-order valence-electron chi connectivity index (χ1n) is 6.46. The third kappa shape index (κ3) is 4.68. The monoisotopic (exact) mass is 351 g/mol. The van der Waals surface area contributed by atoms with E-state index in [0.717, 1.165) is 18.2 Å². The number of halogens is 3. The Labute approximate surface area is 129 Å². The highest BCUT2D eigenvalue weighted by molar-refractivity contribution is 7.91. The molecule has 1 aliphatic rings. The molecule has 2 amide bonds. The van der Waals surface area contributed by atoms with Crippen molar-refractivity contribution in [2.45, 2.75) is 18.7 Å². The number of amides is 2. The van der Waals surface area contributed by atoms with Crippen molar-refractivity contribution >= 4 is 21.8 Å². The second kappa shape index (κ2) is 6.19. The minimum atomic E-state index is -4.62. The van der Waals surface area contributed by atoms with Crippen LogP contribution in [-0.4, -0.2) is 38.0 Å². The molecule has 0 unspecified atom stereocenters. The second-order valence-corrected chi connectivity index (χ2v) is 7.19. The van der Waals surface area contributed by atoms with E-state index >= 15 is 0 Å². The molecule has 23 heavy (non-hydrogen) atoms. The predicted molar refractivity (Wildman–Crippen MR) is 72.5 cm³/mol. The van der Waals surface area contributed by atoms with Crippen LogP contribution in [0.3, 0.4) is 0 Å². The summed E-state index contributed by atoms with van der Waals surface area (Å²) in [6.45, 7) is 0. The van der Waals surface area contributed by atoms with Gasteiger partial charge in [0, 0.05) is 5.56 Å². The molecular formula is C13H12F3NO5S. The smallest absolute Gasteiger partial charge is 0.416 e. The van der Waals surface area contributed by atoms with E-state index in [2.05, 4.69) is 0 Å². The van der Waals surface area contributed by atoms with Gasteiger partial charge in [-0.1, -0.05) is 6.07 Å². The highest BCUT2D eigenvalue weighted by Crippen LogP contribution is 2.29. The van der Waals surface area contributed by atoms with Crippen LogP contribution in [0.1, 0.15) is 22.3 Å². The summed E-state index contributed by atoms with van der Waals surface area (Å²) in [6.07, 6.45) is -6.56. The zero-order valence-corrected chi connectivity index (χ0v) is 12.4. The minimum absolute atomic E-state index is 0.119. The molecule has 6 nitrogen and oxygen atoms in total. The lowest BCUT2D eigenvalue weighted by Gasteiger charge is -2.11. The summed E-state index contributed by atoms with van der Waals surface area (Å²) in [5.41, 5.74) is -1.39. The molecule has 1 aromatic rings. The van der Waals surface area contributed by atoms with Gasteiger partial charge in [0.05, 0.1) is 17.1 Å². The molecule has 10 heteroatoms. The van der Waals surface area contributed by atoms with Crippen molar-refractivity contribution in [1.29, 1.82) is 0 Å². The first-order chi connectivity index (χ1) is 10.6. The number of nitrogens with one attached hydrogen (secondary N) is 1. The van der Waals surface area contributed by atoms with Crippen LogP contribution in [-0.2, 0) is 20.8 Å². The number of hydrogen-bond donors (Lipinski definition) is 1. The van der Waals surface area contributed by atoms with Crippen molar-refractivity contribution in [3.63, 3.8) is 0 Å². The van der Waals surface area contributed by atoms with Crippen molar-refractivity contribution in [2.24, 2.45) is 0 Å². The van der Waals surface area contributed by atoms with Crippen LogP contribution in [0.15, 0.2) is 24.3 Å². The number of benzene rings is 1. The Balaban J connectivity index is 1.98. The van der Waals surface area contributed by atoms with Gasteiger partial charge in [-0.2, -0.15) is 13.2 Å². The zero-order chi connectivity index (χ0) is 17.3. The number of sulfone groups is 1. The first kappa shape index (κ1) is 17.3. The van der Waals surface area contributed by atoms with Gasteiger partial charge in [-0.15, -0.1) is 0 Å². The van der Waals surface area contributed by atoms with E-state index in [1.165, 1.54) is 0 Å². The average molecular weight is 351 g/mol. The number of alkyl carbamates (subject to hydrolysis) is 1. The van der Waals surface area contributed by atoms with Gasteiger partial charge in [0.15, 0.2) is 9.84 Å². The summed E-state index contributed by atoms with van der Waals surface area (Å²) in [5, 5.41) is 1.77. The van der Waals surface area contributed by atoms with E-state index in [4.69, 9.17) is 4.74 Å². The van der Waals surface area contributed by atoms with Crippen molar-refractivity contribution in [3.05, 3.63) is 35.4 Å². The fourth-order valence-electron chi connectivity index (χ4n) is 2.04. The molecule has 1 aliphatic heterocycles. The molecule has 1 atom stereocenters. The molecule has 1 N–H and O–H groups in total. The molecule has 1 heterocycles. The maximum Gasteiger partial charge on any atom is 0.416 e. The predicted octanol–water partition coefficient (Wildman–Crippen LogP) is 1.76. The van der Waals surface area contributed by atoms with Gasteiger partial charge < -0.3 is 4.74 Å². The van der Waals surface area contributed by atoms with E-state index in [0.29, 0.717) is 6.07 Å². The quantitative estimate of drug-likeness (QED) is 0.877. The lowest BCUT2D eigenvalue weighted by atomic mass is 10.1. The summed E-state index contributed by atoms with van der Waals surface area (Å²) >= 11 is 0. The molecule has 2 rings (SSSR count). The SMILES string of the molecule is O=C(NC(=O)c1cccc(C(F)(F)F)c1)O[C@@H]1CCS(=O)(=O)C1. The van der Waals surface area contributed by atoms with Crippen LogP contribution in [0.5, 0.6) is 0 Å². The van der Waals surface area contributed by atoms with Gasteiger partial charge in [-0.05, 0) is 24.6 Å². The molecule has 1 fully saturated rings. The van der Waals surface area contributed by atoms with Crippen LogP contribution >= 0.6 is 0 Å². The molecular weight excluding hydrogens is 339 g/mol. The fraction of sp³-hybridized carbons (Fsp3) is 0.385. The Morgan fingerprint density at radius 2 is 1.96 bits per heavy atom. The number of alkyl halides is 3. The van der Waals surface area contributed by atoms with Crippen molar-refractivity contribution < 1.29 is 35.9 Å². The van der Waals surface area contributed by atoms with E-state index in [1.54, 1.807) is 5.32 Å². The minimum Gasteiger partial charge on any atom is -0.445 e. The Hall–Kier alpha value is -2.10. The molecule has 0 aromatic heterocycles. The van der Waals surface area contributed by atoms with Gasteiger partial charge in [-0.25, -0.2) is 13.2 Å². The number of rotatable bonds is 2. The maximum absolute atomic E-state index is 12.6. The summed E-state index contributed by atoms with van der Waals surface area (Å²) in [5.74, 6) is -1.52. The topological polar surface area (TPSA) is 89.5 Å². The van der Waals surface area contributed by atoms with Crippen LogP contribution in [0.2, 0.25) is 0 Å². The van der Waals surface area contributed by atoms with E-state index in [9.17, 15) is 31.2 Å². The Bertz CT molecular complexity index is 729. The van der Waals surface area contributed by atoms with Gasteiger partial charge in [0.1, 0.15) is 6.10 Å². The fourth-order valence-corrected chi connectivity index (χ4v) is 3.63. The Morgan fingerprint density at radius 1 is 1.26 bits per heavy atom. The van der Waals surface area contributed by atoms with Crippen LogP contribution in [0, 0.1) is 0 Å². The molecule has 1 saturated heterocycles. The summed E-state index contributed by atoms with van der Waals surface area (Å²) in [4.78, 5) is 23.2. The highest BCUT2D eigenvalue weighted by atomic mass is 32.2. The summed E-state index contributed by atoms with van der Waals surface area (Å²) in [7, 11) is -3.26. The Morgan fingerprint density at radius 3 is 2.52 bits per heavy atom. The van der Waals surface area contributed by atoms with E-state index < -0.39 is 39.7 Å². The first-order valence-corrected chi connectivity index (χ1v) is 8.28. The molecule has 126 valence electrons. The normalized spacial score (nSPS) is 20.0. The second-order valence-electron chi connectivity index (χ2n) is 4.96. The van der Waals surface area contributed by atoms with Crippen LogP contribution < -0.4 is 5.32 Å². The lowest BCUT2D eigenvalue weighted by molar-refractivity contribution is -0.137. The number of carbonyl (C=O) groups is 2. The molecule has 1 aromatic carbocycles. The number of carbonyl (C=O) groups excluding carboxylic acids is 2. The number of imide groups is 1. The van der Waals surface area contributed by atoms with Gasteiger partial charge >= 0.3 is 12.3 Å². The van der Waals surface area contributed by atoms with E-state index in [1.807, 2.05) is 0 Å². The third-order valence-electron chi connectivity index (χ3n) is 3.13. The third-order valence-corrected chi connectivity index (χ3v) is 4.87. The van der Waals surface area contributed by atoms with Gasteiger partial charge in [-0.3, -0.25) is 10.1 Å². The van der Waals surface area contributed by atoms with Crippen LogP contribution in [0.4, 0.5) is 18.0 Å². The van der Waals surface area contributed by atoms with Gasteiger partial charge in [0.2, 0.25) is 0 Å². The van der Waals surface area contributed by atoms with Crippen molar-refractivity contribution in [3.8, 4) is 0 Å². The molecule has 0 saturated carbocycles. The number of hydrogen-bond acceptors (Lipinski definition) is 5. The van der Waals surface area contributed by atoms with E-state index in [-0.39, 0.29) is 23.5 Å². The molecule has 0 bridgehead atoms. The largest absolute Gasteiger partial charge is 0.445 e. The van der Waals surface area contributed by atoms with Crippen LogP contribution in [0.25, 0.3) is 0 Å². The maximum atomic E-state index is 12.6. The Kier molecular flexibility index (Phi) is 4.64. The lowest BCUT2D eigenvalue weighted by Crippen LogP contribution is -2.34. The van der Waals surface area contributed by atoms with Crippen molar-refractivity contribution in [2.75, 3.05) is 11.5 Å². The molecule has 0 aliphatic carbocycles. The standard InChI is InChI=1S/C13H12F3NO5S/c14-13(15,16)9-3-1-2-8(6-9)11(18)17-12(19)22-10-4-5-23(20,21)7-10/h1-3,6,10H,4-5,7H2,(H,17,18,19)/t10-/m1/s1.